The molecule has 18 heavy (non-hydrogen) atoms. The van der Waals surface area contributed by atoms with Crippen LogP contribution in [0.25, 0.3) is 11.0 Å². The van der Waals surface area contributed by atoms with Crippen LogP contribution in [0.3, 0.4) is 0 Å². The van der Waals surface area contributed by atoms with Crippen LogP contribution in [0.2, 0.25) is 0 Å². The lowest BCUT2D eigenvalue weighted by Gasteiger charge is -2.26. The summed E-state index contributed by atoms with van der Waals surface area (Å²) >= 11 is 0. The van der Waals surface area contributed by atoms with Gasteiger partial charge < -0.3 is 15.4 Å². The third kappa shape index (κ3) is 2.64. The summed E-state index contributed by atoms with van der Waals surface area (Å²) in [4.78, 5) is 7.60. The number of aromatic amines is 1. The topological polar surface area (TPSA) is 60.9 Å². The molecule has 4 nitrogen and oxygen atoms in total. The Hall–Kier alpha value is -1.55. The summed E-state index contributed by atoms with van der Waals surface area (Å²) < 4.78 is 0. The van der Waals surface area contributed by atoms with E-state index >= 15 is 0 Å². The maximum absolute atomic E-state index is 9.38. The van der Waals surface area contributed by atoms with Crippen LogP contribution in [0.4, 0.5) is 5.69 Å². The minimum atomic E-state index is -0.0706. The maximum atomic E-state index is 9.38. The minimum Gasteiger partial charge on any atom is -0.396 e. The summed E-state index contributed by atoms with van der Waals surface area (Å²) in [5, 5.41) is 12.8. The standard InChI is InChI=1S/C14H21N3O/c1-4-14(3,9-18)8-15-11-5-6-12-13(7-11)17-10(2)16-12/h5-7,15,18H,4,8-9H2,1-3H3,(H,16,17). The highest BCUT2D eigenvalue weighted by Gasteiger charge is 2.20. The number of nitrogens with zero attached hydrogens (tertiary/aromatic N) is 1. The number of aliphatic hydroxyl groups excluding tert-OH is 1. The Morgan fingerprint density at radius 1 is 1.44 bits per heavy atom. The summed E-state index contributed by atoms with van der Waals surface area (Å²) in [5.74, 6) is 0.927. The number of aromatic nitrogens is 2. The van der Waals surface area contributed by atoms with Crippen LogP contribution in [0.5, 0.6) is 0 Å². The first kappa shape index (κ1) is 12.9. The van der Waals surface area contributed by atoms with E-state index in [1.807, 2.05) is 19.1 Å². The van der Waals surface area contributed by atoms with E-state index in [1.165, 1.54) is 0 Å². The van der Waals surface area contributed by atoms with Crippen molar-refractivity contribution in [3.8, 4) is 0 Å². The first-order valence-electron chi connectivity index (χ1n) is 6.37. The van der Waals surface area contributed by atoms with Crippen LogP contribution in [-0.4, -0.2) is 28.2 Å². The highest BCUT2D eigenvalue weighted by Crippen LogP contribution is 2.22. The van der Waals surface area contributed by atoms with Crippen molar-refractivity contribution in [3.05, 3.63) is 24.0 Å². The molecule has 0 fully saturated rings. The first-order chi connectivity index (χ1) is 8.56. The second kappa shape index (κ2) is 4.98. The van der Waals surface area contributed by atoms with E-state index in [0.717, 1.165) is 35.5 Å². The Labute approximate surface area is 107 Å². The Morgan fingerprint density at radius 2 is 2.22 bits per heavy atom. The molecule has 0 amide bonds. The molecule has 0 aliphatic heterocycles. The quantitative estimate of drug-likeness (QED) is 0.761. The Kier molecular flexibility index (Phi) is 3.57. The van der Waals surface area contributed by atoms with Crippen molar-refractivity contribution in [2.24, 2.45) is 5.41 Å². The van der Waals surface area contributed by atoms with Crippen LogP contribution in [0, 0.1) is 12.3 Å². The molecule has 4 heteroatoms. The third-order valence-electron chi connectivity index (χ3n) is 3.55. The van der Waals surface area contributed by atoms with Gasteiger partial charge in [0, 0.05) is 17.6 Å². The molecular weight excluding hydrogens is 226 g/mol. The van der Waals surface area contributed by atoms with E-state index in [2.05, 4.69) is 35.2 Å². The van der Waals surface area contributed by atoms with Gasteiger partial charge in [0.2, 0.25) is 0 Å². The molecule has 0 aliphatic rings. The van der Waals surface area contributed by atoms with Crippen LogP contribution in [0.1, 0.15) is 26.1 Å². The smallest absolute Gasteiger partial charge is 0.104 e. The predicted molar refractivity (Wildman–Crippen MR) is 74.8 cm³/mol. The van der Waals surface area contributed by atoms with E-state index < -0.39 is 0 Å². The molecule has 1 aromatic carbocycles. The van der Waals surface area contributed by atoms with E-state index in [-0.39, 0.29) is 12.0 Å². The second-order valence-corrected chi connectivity index (χ2v) is 5.23. The van der Waals surface area contributed by atoms with Crippen molar-refractivity contribution in [1.29, 1.82) is 0 Å². The summed E-state index contributed by atoms with van der Waals surface area (Å²) in [6.45, 7) is 7.09. The zero-order chi connectivity index (χ0) is 13.2. The van der Waals surface area contributed by atoms with Gasteiger partial charge in [0.15, 0.2) is 0 Å². The van der Waals surface area contributed by atoms with Crippen molar-refractivity contribution in [2.45, 2.75) is 27.2 Å². The largest absolute Gasteiger partial charge is 0.396 e. The number of hydrogen-bond acceptors (Lipinski definition) is 3. The first-order valence-corrected chi connectivity index (χ1v) is 6.37. The Morgan fingerprint density at radius 3 is 2.89 bits per heavy atom. The number of nitrogens with one attached hydrogen (secondary N) is 2. The highest BCUT2D eigenvalue weighted by molar-refractivity contribution is 5.79. The average molecular weight is 247 g/mol. The van der Waals surface area contributed by atoms with E-state index in [0.29, 0.717) is 0 Å². The number of rotatable bonds is 5. The molecule has 1 unspecified atom stereocenters. The number of fused-ring (bicyclic) bond motifs is 1. The van der Waals surface area contributed by atoms with Gasteiger partial charge in [-0.1, -0.05) is 13.8 Å². The molecule has 1 aromatic heterocycles. The van der Waals surface area contributed by atoms with Gasteiger partial charge in [-0.3, -0.25) is 0 Å². The van der Waals surface area contributed by atoms with Gasteiger partial charge in [-0.2, -0.15) is 0 Å². The van der Waals surface area contributed by atoms with Crippen LogP contribution >= 0.6 is 0 Å². The minimum absolute atomic E-state index is 0.0706. The number of imidazole rings is 1. The van der Waals surface area contributed by atoms with Crippen molar-refractivity contribution in [2.75, 3.05) is 18.5 Å². The van der Waals surface area contributed by atoms with Gasteiger partial charge in [0.05, 0.1) is 17.6 Å². The maximum Gasteiger partial charge on any atom is 0.104 e. The predicted octanol–water partition coefficient (Wildman–Crippen LogP) is 2.69. The molecule has 2 rings (SSSR count). The summed E-state index contributed by atoms with van der Waals surface area (Å²) in [6, 6.07) is 6.09. The van der Waals surface area contributed by atoms with Crippen LogP contribution in [0.15, 0.2) is 18.2 Å². The monoisotopic (exact) mass is 247 g/mol. The number of aliphatic hydroxyl groups is 1. The lowest BCUT2D eigenvalue weighted by molar-refractivity contribution is 0.149. The molecule has 0 spiro atoms. The number of benzene rings is 1. The molecule has 0 radical (unpaired) electrons. The molecule has 1 atom stereocenters. The van der Waals surface area contributed by atoms with Crippen molar-refractivity contribution in [3.63, 3.8) is 0 Å². The molecule has 0 bridgehead atoms. The molecule has 3 N–H and O–H groups in total. The number of H-pyrrole nitrogens is 1. The average Bonchev–Trinajstić information content (AvgIpc) is 2.75. The van der Waals surface area contributed by atoms with Gasteiger partial charge >= 0.3 is 0 Å². The Balaban J connectivity index is 2.12. The summed E-state index contributed by atoms with van der Waals surface area (Å²) in [5.41, 5.74) is 3.01. The van der Waals surface area contributed by atoms with Crippen molar-refractivity contribution < 1.29 is 5.11 Å². The van der Waals surface area contributed by atoms with E-state index in [4.69, 9.17) is 0 Å². The molecule has 0 saturated heterocycles. The van der Waals surface area contributed by atoms with Crippen LogP contribution < -0.4 is 5.32 Å². The lowest BCUT2D eigenvalue weighted by Crippen LogP contribution is -2.29. The van der Waals surface area contributed by atoms with Crippen molar-refractivity contribution in [1.82, 2.24) is 9.97 Å². The molecule has 0 aliphatic carbocycles. The van der Waals surface area contributed by atoms with E-state index in [1.54, 1.807) is 0 Å². The lowest BCUT2D eigenvalue weighted by atomic mass is 9.88. The Bertz CT molecular complexity index is 529. The van der Waals surface area contributed by atoms with E-state index in [9.17, 15) is 5.11 Å². The fourth-order valence-electron chi connectivity index (χ4n) is 1.86. The zero-order valence-electron chi connectivity index (χ0n) is 11.2. The highest BCUT2D eigenvalue weighted by atomic mass is 16.3. The SMILES string of the molecule is CCC(C)(CO)CNc1ccc2nc(C)[nH]c2c1. The third-order valence-corrected chi connectivity index (χ3v) is 3.55. The normalized spacial score (nSPS) is 14.7. The molecule has 1 heterocycles. The van der Waals surface area contributed by atoms with Gasteiger partial charge in [-0.05, 0) is 31.5 Å². The molecular formula is C14H21N3O. The summed E-state index contributed by atoms with van der Waals surface area (Å²) in [6.07, 6.45) is 0.946. The van der Waals surface area contributed by atoms with Crippen LogP contribution in [-0.2, 0) is 0 Å². The van der Waals surface area contributed by atoms with Gasteiger partial charge in [0.25, 0.3) is 0 Å². The number of aryl methyl sites for hydroxylation is 1. The zero-order valence-corrected chi connectivity index (χ0v) is 11.2. The van der Waals surface area contributed by atoms with Gasteiger partial charge in [-0.25, -0.2) is 4.98 Å². The van der Waals surface area contributed by atoms with Gasteiger partial charge in [0.1, 0.15) is 5.82 Å². The fraction of sp³-hybridized carbons (Fsp3) is 0.500. The molecule has 2 aromatic rings. The number of hydrogen-bond donors (Lipinski definition) is 3. The number of anilines is 1. The second-order valence-electron chi connectivity index (χ2n) is 5.23. The summed E-state index contributed by atoms with van der Waals surface area (Å²) in [7, 11) is 0. The van der Waals surface area contributed by atoms with Crippen molar-refractivity contribution >= 4 is 16.7 Å². The molecule has 0 saturated carbocycles. The molecule has 98 valence electrons. The fourth-order valence-corrected chi connectivity index (χ4v) is 1.86. The van der Waals surface area contributed by atoms with Gasteiger partial charge in [-0.15, -0.1) is 0 Å².